The Kier molecular flexibility index (Phi) is 3.36. The van der Waals surface area contributed by atoms with Gasteiger partial charge in [0.05, 0.1) is 6.07 Å². The van der Waals surface area contributed by atoms with E-state index in [0.717, 1.165) is 6.07 Å². The van der Waals surface area contributed by atoms with E-state index in [9.17, 15) is 18.8 Å². The third-order valence-electron chi connectivity index (χ3n) is 4.50. The molecule has 0 aromatic heterocycles. The molecule has 0 spiro atoms. The number of benzene rings is 1. The van der Waals surface area contributed by atoms with Crippen LogP contribution in [-0.2, 0) is 10.2 Å². The summed E-state index contributed by atoms with van der Waals surface area (Å²) in [6.45, 7) is 5.50. The first-order valence-corrected chi connectivity index (χ1v) is 7.52. The van der Waals surface area contributed by atoms with Crippen LogP contribution in [0.1, 0.15) is 32.8 Å². The fraction of sp³-hybridized carbons (Fsp3) is 0.529. The number of likely N-dealkylation sites (tertiary alicyclic amines) is 1. The summed E-state index contributed by atoms with van der Waals surface area (Å²) < 4.78 is 32.4. The number of halogens is 2. The third-order valence-corrected chi connectivity index (χ3v) is 4.50. The maximum atomic E-state index is 13.5. The van der Waals surface area contributed by atoms with Crippen molar-refractivity contribution in [3.05, 3.63) is 35.4 Å². The molecule has 0 radical (unpaired) electrons. The molecule has 2 fully saturated rings. The van der Waals surface area contributed by atoms with Crippen LogP contribution in [0.4, 0.5) is 13.6 Å². The van der Waals surface area contributed by atoms with Gasteiger partial charge in [0.2, 0.25) is 0 Å². The highest BCUT2D eigenvalue weighted by Gasteiger charge is 2.67. The van der Waals surface area contributed by atoms with Crippen molar-refractivity contribution < 1.29 is 18.3 Å². The number of hydrogen-bond acceptors (Lipinski definition) is 3. The molecule has 1 heterocycles. The van der Waals surface area contributed by atoms with Crippen LogP contribution in [0.5, 0.6) is 0 Å². The zero-order chi connectivity index (χ0) is 17.0. The molecule has 23 heavy (non-hydrogen) atoms. The summed E-state index contributed by atoms with van der Waals surface area (Å²) in [5, 5.41) is 9.40. The van der Waals surface area contributed by atoms with Gasteiger partial charge < -0.3 is 4.74 Å². The van der Waals surface area contributed by atoms with Gasteiger partial charge in [0, 0.05) is 23.9 Å². The van der Waals surface area contributed by atoms with Crippen molar-refractivity contribution in [1.29, 1.82) is 5.26 Å². The summed E-state index contributed by atoms with van der Waals surface area (Å²) >= 11 is 0. The van der Waals surface area contributed by atoms with Crippen LogP contribution in [0.3, 0.4) is 0 Å². The largest absolute Gasteiger partial charge is 0.444 e. The molecule has 4 nitrogen and oxygen atoms in total. The fourth-order valence-electron chi connectivity index (χ4n) is 3.47. The van der Waals surface area contributed by atoms with E-state index in [-0.39, 0.29) is 12.5 Å². The van der Waals surface area contributed by atoms with Crippen molar-refractivity contribution in [2.75, 3.05) is 6.54 Å². The van der Waals surface area contributed by atoms with E-state index in [1.165, 1.54) is 17.0 Å². The van der Waals surface area contributed by atoms with Gasteiger partial charge in [-0.15, -0.1) is 0 Å². The summed E-state index contributed by atoms with van der Waals surface area (Å²) in [7, 11) is 0. The summed E-state index contributed by atoms with van der Waals surface area (Å²) in [5.41, 5.74) is -0.700. The van der Waals surface area contributed by atoms with Gasteiger partial charge in [0.25, 0.3) is 0 Å². The molecule has 3 atom stereocenters. The summed E-state index contributed by atoms with van der Waals surface area (Å²) in [5.74, 6) is -1.41. The molecule has 1 saturated carbocycles. The second-order valence-corrected chi connectivity index (χ2v) is 7.31. The number of nitriles is 1. The molecule has 1 aliphatic carbocycles. The Balaban J connectivity index is 1.88. The molecule has 0 N–H and O–H groups in total. The summed E-state index contributed by atoms with van der Waals surface area (Å²) in [4.78, 5) is 13.7. The monoisotopic (exact) mass is 320 g/mol. The standard InChI is InChI=1S/C17H18F2N2O2/c1-16(2,3)23-15(22)21-9-17(7-13(17)14(21)8-20)10-4-11(18)6-12(19)5-10/h4-6,13-14H,7,9H2,1-3H3. The Morgan fingerprint density at radius 2 is 1.96 bits per heavy atom. The molecular weight excluding hydrogens is 302 g/mol. The normalized spacial score (nSPS) is 29.0. The minimum absolute atomic E-state index is 0.110. The average Bonchev–Trinajstić information content (AvgIpc) is 3.03. The van der Waals surface area contributed by atoms with Gasteiger partial charge in [-0.1, -0.05) is 0 Å². The highest BCUT2D eigenvalue weighted by molar-refractivity contribution is 5.71. The first kappa shape index (κ1) is 15.7. The highest BCUT2D eigenvalue weighted by Crippen LogP contribution is 2.62. The molecule has 1 amide bonds. The number of piperidine rings is 1. The molecule has 3 rings (SSSR count). The molecule has 6 heteroatoms. The van der Waals surface area contributed by atoms with Crippen molar-refractivity contribution in [3.8, 4) is 6.07 Å². The van der Waals surface area contributed by atoms with Crippen LogP contribution >= 0.6 is 0 Å². The Labute approximate surface area is 133 Å². The van der Waals surface area contributed by atoms with Gasteiger partial charge in [-0.05, 0) is 44.9 Å². The number of ether oxygens (including phenoxy) is 1. The highest BCUT2D eigenvalue weighted by atomic mass is 19.1. The first-order valence-electron chi connectivity index (χ1n) is 7.52. The predicted octanol–water partition coefficient (Wildman–Crippen LogP) is 3.37. The lowest BCUT2D eigenvalue weighted by Crippen LogP contribution is -2.42. The third kappa shape index (κ3) is 2.65. The van der Waals surface area contributed by atoms with Gasteiger partial charge in [-0.2, -0.15) is 5.26 Å². The number of amides is 1. The number of rotatable bonds is 1. The van der Waals surface area contributed by atoms with E-state index < -0.39 is 34.8 Å². The fourth-order valence-corrected chi connectivity index (χ4v) is 3.47. The van der Waals surface area contributed by atoms with E-state index in [0.29, 0.717) is 12.0 Å². The van der Waals surface area contributed by atoms with Crippen LogP contribution in [0.2, 0.25) is 0 Å². The van der Waals surface area contributed by atoms with E-state index in [2.05, 4.69) is 6.07 Å². The molecule has 2 aliphatic rings. The van der Waals surface area contributed by atoms with Gasteiger partial charge >= 0.3 is 6.09 Å². The number of hydrogen-bond donors (Lipinski definition) is 0. The van der Waals surface area contributed by atoms with Crippen LogP contribution in [0, 0.1) is 28.9 Å². The van der Waals surface area contributed by atoms with Crippen molar-refractivity contribution in [2.24, 2.45) is 5.92 Å². The number of nitrogens with zero attached hydrogens (tertiary/aromatic N) is 2. The molecular formula is C17H18F2N2O2. The maximum absolute atomic E-state index is 13.5. The minimum Gasteiger partial charge on any atom is -0.444 e. The van der Waals surface area contributed by atoms with E-state index in [4.69, 9.17) is 4.74 Å². The van der Waals surface area contributed by atoms with Crippen molar-refractivity contribution in [2.45, 2.75) is 44.2 Å². The molecule has 1 aromatic rings. The SMILES string of the molecule is CC(C)(C)OC(=O)N1CC2(c3cc(F)cc(F)c3)CC2C1C#N. The molecule has 122 valence electrons. The van der Waals surface area contributed by atoms with Crippen molar-refractivity contribution in [1.82, 2.24) is 4.90 Å². The Morgan fingerprint density at radius 1 is 1.35 bits per heavy atom. The minimum atomic E-state index is -0.665. The van der Waals surface area contributed by atoms with Crippen molar-refractivity contribution in [3.63, 3.8) is 0 Å². The molecule has 3 unspecified atom stereocenters. The van der Waals surface area contributed by atoms with Crippen LogP contribution in [0.25, 0.3) is 0 Å². The Bertz CT molecular complexity index is 687. The van der Waals surface area contributed by atoms with E-state index in [1.54, 1.807) is 20.8 Å². The Morgan fingerprint density at radius 3 is 2.48 bits per heavy atom. The smallest absolute Gasteiger partial charge is 0.411 e. The number of carbonyl (C=O) groups is 1. The van der Waals surface area contributed by atoms with Crippen LogP contribution in [-0.4, -0.2) is 29.2 Å². The van der Waals surface area contributed by atoms with E-state index >= 15 is 0 Å². The van der Waals surface area contributed by atoms with E-state index in [1.807, 2.05) is 0 Å². The molecule has 1 aromatic carbocycles. The van der Waals surface area contributed by atoms with Crippen LogP contribution in [0.15, 0.2) is 18.2 Å². The summed E-state index contributed by atoms with van der Waals surface area (Å²) in [6, 6.07) is 4.90. The predicted molar refractivity (Wildman–Crippen MR) is 78.5 cm³/mol. The quantitative estimate of drug-likeness (QED) is 0.797. The number of fused-ring (bicyclic) bond motifs is 1. The Hall–Kier alpha value is -2.16. The van der Waals surface area contributed by atoms with Gasteiger partial charge in [0.1, 0.15) is 23.3 Å². The zero-order valence-electron chi connectivity index (χ0n) is 13.3. The lowest BCUT2D eigenvalue weighted by atomic mass is 9.94. The lowest BCUT2D eigenvalue weighted by Gasteiger charge is -2.28. The molecule has 1 saturated heterocycles. The second kappa shape index (κ2) is 4.92. The second-order valence-electron chi connectivity index (χ2n) is 7.31. The lowest BCUT2D eigenvalue weighted by molar-refractivity contribution is 0.0229. The van der Waals surface area contributed by atoms with Crippen LogP contribution < -0.4 is 0 Å². The summed E-state index contributed by atoms with van der Waals surface area (Å²) in [6.07, 6.45) is 0.0837. The maximum Gasteiger partial charge on any atom is 0.411 e. The zero-order valence-corrected chi connectivity index (χ0v) is 13.3. The molecule has 0 bridgehead atoms. The topological polar surface area (TPSA) is 53.3 Å². The van der Waals surface area contributed by atoms with Gasteiger partial charge in [-0.25, -0.2) is 13.6 Å². The number of carbonyl (C=O) groups excluding carboxylic acids is 1. The molecule has 1 aliphatic heterocycles. The van der Waals surface area contributed by atoms with Gasteiger partial charge in [0.15, 0.2) is 0 Å². The van der Waals surface area contributed by atoms with Gasteiger partial charge in [-0.3, -0.25) is 4.90 Å². The van der Waals surface area contributed by atoms with Crippen molar-refractivity contribution >= 4 is 6.09 Å². The average molecular weight is 320 g/mol. The first-order chi connectivity index (χ1) is 10.7.